The molecule has 0 bridgehead atoms. The van der Waals surface area contributed by atoms with Crippen LogP contribution >= 0.6 is 0 Å². The normalized spacial score (nSPS) is 10.7. The number of methoxy groups -OCH3 is 1. The van der Waals surface area contributed by atoms with Gasteiger partial charge in [0.1, 0.15) is 11.3 Å². The van der Waals surface area contributed by atoms with Gasteiger partial charge in [-0.25, -0.2) is 9.97 Å². The van der Waals surface area contributed by atoms with Gasteiger partial charge in [-0.2, -0.15) is 0 Å². The first-order valence-corrected chi connectivity index (χ1v) is 7.63. The fourth-order valence-electron chi connectivity index (χ4n) is 2.67. The second-order valence-corrected chi connectivity index (χ2v) is 5.36. The van der Waals surface area contributed by atoms with Crippen LogP contribution in [0.3, 0.4) is 0 Å². The molecule has 1 N–H and O–H groups in total. The van der Waals surface area contributed by atoms with Gasteiger partial charge < -0.3 is 10.1 Å². The fourth-order valence-corrected chi connectivity index (χ4v) is 2.67. The molecule has 0 atom stereocenters. The van der Waals surface area contributed by atoms with Crippen LogP contribution in [-0.2, 0) is 0 Å². The lowest BCUT2D eigenvalue weighted by atomic mass is 10.1. The van der Waals surface area contributed by atoms with E-state index in [0.717, 1.165) is 34.0 Å². The average Bonchev–Trinajstić information content (AvgIpc) is 3.13. The smallest absolute Gasteiger partial charge is 0.156 e. The van der Waals surface area contributed by atoms with Crippen LogP contribution in [0.2, 0.25) is 0 Å². The molecule has 0 aliphatic rings. The van der Waals surface area contributed by atoms with Crippen LogP contribution in [0.25, 0.3) is 16.8 Å². The average molecular weight is 316 g/mol. The van der Waals surface area contributed by atoms with Gasteiger partial charge in [0, 0.05) is 17.3 Å². The fraction of sp³-hybridized carbons (Fsp3) is 0.0526. The molecule has 0 amide bonds. The third kappa shape index (κ3) is 2.56. The van der Waals surface area contributed by atoms with Crippen LogP contribution in [-0.4, -0.2) is 21.5 Å². The van der Waals surface area contributed by atoms with E-state index in [2.05, 4.69) is 27.4 Å². The van der Waals surface area contributed by atoms with Crippen molar-refractivity contribution < 1.29 is 4.74 Å². The Kier molecular flexibility index (Phi) is 3.59. The summed E-state index contributed by atoms with van der Waals surface area (Å²) in [4.78, 5) is 8.88. The number of fused-ring (bicyclic) bond motifs is 1. The molecule has 0 unspecified atom stereocenters. The van der Waals surface area contributed by atoms with Crippen molar-refractivity contribution in [2.75, 3.05) is 12.4 Å². The number of imidazole rings is 1. The summed E-state index contributed by atoms with van der Waals surface area (Å²) < 4.78 is 7.30. The highest BCUT2D eigenvalue weighted by molar-refractivity contribution is 5.76. The van der Waals surface area contributed by atoms with E-state index in [9.17, 15) is 0 Å². The van der Waals surface area contributed by atoms with Crippen molar-refractivity contribution in [3.8, 4) is 17.0 Å². The molecule has 118 valence electrons. The largest absolute Gasteiger partial charge is 0.497 e. The van der Waals surface area contributed by atoms with E-state index in [1.54, 1.807) is 13.4 Å². The van der Waals surface area contributed by atoms with Crippen LogP contribution in [0.15, 0.2) is 73.3 Å². The topological polar surface area (TPSA) is 51.5 Å². The highest BCUT2D eigenvalue weighted by Gasteiger charge is 2.09. The summed E-state index contributed by atoms with van der Waals surface area (Å²) >= 11 is 0. The first-order chi connectivity index (χ1) is 11.8. The van der Waals surface area contributed by atoms with Gasteiger partial charge in [0.2, 0.25) is 0 Å². The molecule has 0 saturated carbocycles. The SMILES string of the molecule is COc1cccc(Nc2ncc(-c3ccccc3)n3cncc23)c1. The number of hydrogen-bond acceptors (Lipinski definition) is 4. The Balaban J connectivity index is 1.77. The number of benzene rings is 2. The number of nitrogens with one attached hydrogen (secondary N) is 1. The van der Waals surface area contributed by atoms with Gasteiger partial charge in [-0.3, -0.25) is 4.40 Å². The lowest BCUT2D eigenvalue weighted by Crippen LogP contribution is -2.00. The molecule has 2 aromatic heterocycles. The number of rotatable bonds is 4. The van der Waals surface area contributed by atoms with Gasteiger partial charge in [0.25, 0.3) is 0 Å². The van der Waals surface area contributed by atoms with Gasteiger partial charge in [-0.15, -0.1) is 0 Å². The zero-order valence-electron chi connectivity index (χ0n) is 13.2. The molecule has 0 fully saturated rings. The van der Waals surface area contributed by atoms with Crippen molar-refractivity contribution in [3.05, 3.63) is 73.3 Å². The van der Waals surface area contributed by atoms with Crippen molar-refractivity contribution in [1.29, 1.82) is 0 Å². The Morgan fingerprint density at radius 1 is 1.00 bits per heavy atom. The minimum Gasteiger partial charge on any atom is -0.497 e. The van der Waals surface area contributed by atoms with E-state index in [1.807, 2.05) is 59.3 Å². The molecule has 2 heterocycles. The third-order valence-electron chi connectivity index (χ3n) is 3.86. The highest BCUT2D eigenvalue weighted by atomic mass is 16.5. The lowest BCUT2D eigenvalue weighted by molar-refractivity contribution is 0.415. The molecule has 0 aliphatic carbocycles. The number of anilines is 2. The van der Waals surface area contributed by atoms with E-state index in [-0.39, 0.29) is 0 Å². The predicted molar refractivity (Wildman–Crippen MR) is 94.7 cm³/mol. The molecule has 2 aromatic carbocycles. The standard InChI is InChI=1S/C19H16N4O/c1-24-16-9-5-8-15(10-16)22-19-18-11-20-13-23(18)17(12-21-19)14-6-3-2-4-7-14/h2-13H,1H3,(H,21,22). The second kappa shape index (κ2) is 6.04. The zero-order chi connectivity index (χ0) is 16.4. The molecule has 0 saturated heterocycles. The summed E-state index contributed by atoms with van der Waals surface area (Å²) in [5, 5.41) is 3.33. The monoisotopic (exact) mass is 316 g/mol. The Morgan fingerprint density at radius 2 is 1.88 bits per heavy atom. The molecule has 5 nitrogen and oxygen atoms in total. The number of nitrogens with zero attached hydrogens (tertiary/aromatic N) is 3. The highest BCUT2D eigenvalue weighted by Crippen LogP contribution is 2.26. The Bertz CT molecular complexity index is 979. The second-order valence-electron chi connectivity index (χ2n) is 5.36. The summed E-state index contributed by atoms with van der Waals surface area (Å²) in [6.07, 6.45) is 5.46. The van der Waals surface area contributed by atoms with E-state index < -0.39 is 0 Å². The molecule has 0 aliphatic heterocycles. The van der Waals surface area contributed by atoms with E-state index >= 15 is 0 Å². The minimum absolute atomic E-state index is 0.750. The van der Waals surface area contributed by atoms with E-state index in [1.165, 1.54) is 0 Å². The van der Waals surface area contributed by atoms with Gasteiger partial charge in [0.05, 0.1) is 31.5 Å². The molecule has 5 heteroatoms. The quantitative estimate of drug-likeness (QED) is 0.614. The summed E-state index contributed by atoms with van der Waals surface area (Å²) in [5.74, 6) is 1.55. The third-order valence-corrected chi connectivity index (χ3v) is 3.86. The maximum absolute atomic E-state index is 5.26. The van der Waals surface area contributed by atoms with Crippen LogP contribution in [0.5, 0.6) is 5.75 Å². The van der Waals surface area contributed by atoms with Crippen LogP contribution < -0.4 is 10.1 Å². The van der Waals surface area contributed by atoms with Crippen molar-refractivity contribution >= 4 is 17.0 Å². The van der Waals surface area contributed by atoms with Gasteiger partial charge in [0.15, 0.2) is 5.82 Å². The van der Waals surface area contributed by atoms with E-state index in [0.29, 0.717) is 0 Å². The molecule has 0 radical (unpaired) electrons. The van der Waals surface area contributed by atoms with Crippen LogP contribution in [0, 0.1) is 0 Å². The molecule has 24 heavy (non-hydrogen) atoms. The van der Waals surface area contributed by atoms with Gasteiger partial charge in [-0.1, -0.05) is 36.4 Å². The molecule has 0 spiro atoms. The van der Waals surface area contributed by atoms with Crippen molar-refractivity contribution in [2.24, 2.45) is 0 Å². The van der Waals surface area contributed by atoms with Crippen LogP contribution in [0.1, 0.15) is 0 Å². The maximum Gasteiger partial charge on any atom is 0.156 e. The number of ether oxygens (including phenoxy) is 1. The summed E-state index contributed by atoms with van der Waals surface area (Å²) in [6, 6.07) is 17.9. The summed E-state index contributed by atoms with van der Waals surface area (Å²) in [7, 11) is 1.65. The molecular weight excluding hydrogens is 300 g/mol. The van der Waals surface area contributed by atoms with Crippen molar-refractivity contribution in [1.82, 2.24) is 14.4 Å². The first-order valence-electron chi connectivity index (χ1n) is 7.63. The molecular formula is C19H16N4O. The van der Waals surface area contributed by atoms with Crippen molar-refractivity contribution in [2.45, 2.75) is 0 Å². The maximum atomic E-state index is 5.26. The number of hydrogen-bond donors (Lipinski definition) is 1. The molecule has 4 rings (SSSR count). The Labute approximate surface area is 139 Å². The summed E-state index contributed by atoms with van der Waals surface area (Å²) in [6.45, 7) is 0. The van der Waals surface area contributed by atoms with Crippen LogP contribution in [0.4, 0.5) is 11.5 Å². The van der Waals surface area contributed by atoms with Gasteiger partial charge in [-0.05, 0) is 12.1 Å². The molecule has 4 aromatic rings. The predicted octanol–water partition coefficient (Wildman–Crippen LogP) is 4.15. The minimum atomic E-state index is 0.750. The van der Waals surface area contributed by atoms with Crippen molar-refractivity contribution in [3.63, 3.8) is 0 Å². The summed E-state index contributed by atoms with van der Waals surface area (Å²) in [5.41, 5.74) is 3.93. The van der Waals surface area contributed by atoms with E-state index in [4.69, 9.17) is 4.74 Å². The van der Waals surface area contributed by atoms with Gasteiger partial charge >= 0.3 is 0 Å². The number of aromatic nitrogens is 3. The zero-order valence-corrected chi connectivity index (χ0v) is 13.2. The Hall–Kier alpha value is -3.34. The Morgan fingerprint density at radius 3 is 2.71 bits per heavy atom. The first kappa shape index (κ1) is 14.3. The lowest BCUT2D eigenvalue weighted by Gasteiger charge is -2.11.